The molecule has 100 valence electrons. The summed E-state index contributed by atoms with van der Waals surface area (Å²) in [5, 5.41) is 11.9. The lowest BCUT2D eigenvalue weighted by molar-refractivity contribution is -0.530. The highest BCUT2D eigenvalue weighted by molar-refractivity contribution is 7.91. The quantitative estimate of drug-likeness (QED) is 0.366. The molecule has 0 aliphatic heterocycles. The van der Waals surface area contributed by atoms with Gasteiger partial charge in [-0.3, -0.25) is 0 Å². The second-order valence-corrected chi connectivity index (χ2v) is 7.31. The Hall–Kier alpha value is -1.36. The van der Waals surface area contributed by atoms with E-state index in [4.69, 9.17) is 0 Å². The summed E-state index contributed by atoms with van der Waals surface area (Å²) < 4.78 is 24.6. The monoisotopic (exact) mass is 269 g/mol. The zero-order valence-electron chi connectivity index (χ0n) is 11.2. The van der Waals surface area contributed by atoms with Crippen molar-refractivity contribution in [1.82, 2.24) is 0 Å². The molecule has 0 N–H and O–H groups in total. The Bertz CT molecular complexity index is 554. The van der Waals surface area contributed by atoms with Gasteiger partial charge in [0.1, 0.15) is 0 Å². The molecule has 0 amide bonds. The summed E-state index contributed by atoms with van der Waals surface area (Å²) in [4.78, 5) is 0.206. The van der Waals surface area contributed by atoms with Gasteiger partial charge in [-0.25, -0.2) is 13.2 Å². The predicted molar refractivity (Wildman–Crippen MR) is 72.7 cm³/mol. The lowest BCUT2D eigenvalue weighted by Gasteiger charge is -2.19. The topological polar surface area (TPSA) is 60.2 Å². The Morgan fingerprint density at radius 1 is 1.28 bits per heavy atom. The predicted octanol–water partition coefficient (Wildman–Crippen LogP) is 2.21. The summed E-state index contributed by atoms with van der Waals surface area (Å²) in [6, 6.07) is 6.55. The van der Waals surface area contributed by atoms with Crippen LogP contribution in [0.15, 0.2) is 29.2 Å². The van der Waals surface area contributed by atoms with Gasteiger partial charge in [-0.15, -0.1) is 0 Å². The van der Waals surface area contributed by atoms with Crippen molar-refractivity contribution in [3.05, 3.63) is 35.0 Å². The largest absolute Gasteiger partial charge is 0.623 e. The first-order valence-corrected chi connectivity index (χ1v) is 7.47. The minimum Gasteiger partial charge on any atom is -0.623 e. The molecule has 4 nitrogen and oxygen atoms in total. The van der Waals surface area contributed by atoms with E-state index in [-0.39, 0.29) is 10.6 Å². The maximum Gasteiger partial charge on any atom is 0.183 e. The standard InChI is InChI=1S/C13H19NO3S/c1-5-18(16,17)12-9-7-6-8-11(12)10-14(15)13(2,3)4/h6-10H,5H2,1-4H3. The fraction of sp³-hybridized carbons (Fsp3) is 0.462. The van der Waals surface area contributed by atoms with Crippen LogP contribution in [-0.2, 0) is 9.84 Å². The average Bonchev–Trinajstić information content (AvgIpc) is 2.28. The Kier molecular flexibility index (Phi) is 4.16. The Balaban J connectivity index is 3.37. The van der Waals surface area contributed by atoms with Crippen molar-refractivity contribution >= 4 is 16.1 Å². The van der Waals surface area contributed by atoms with Crippen LogP contribution < -0.4 is 0 Å². The first-order valence-electron chi connectivity index (χ1n) is 5.81. The normalized spacial score (nSPS) is 13.7. The molecule has 0 saturated carbocycles. The van der Waals surface area contributed by atoms with E-state index in [1.807, 2.05) is 0 Å². The van der Waals surface area contributed by atoms with Crippen LogP contribution in [0.2, 0.25) is 0 Å². The smallest absolute Gasteiger partial charge is 0.183 e. The van der Waals surface area contributed by atoms with Crippen LogP contribution in [0, 0.1) is 5.21 Å². The van der Waals surface area contributed by atoms with Crippen LogP contribution in [0.1, 0.15) is 33.3 Å². The van der Waals surface area contributed by atoms with E-state index in [1.165, 1.54) is 12.3 Å². The molecule has 0 aromatic heterocycles. The zero-order chi connectivity index (χ0) is 14.0. The Morgan fingerprint density at radius 3 is 2.33 bits per heavy atom. The molecule has 1 aromatic carbocycles. The van der Waals surface area contributed by atoms with Crippen molar-refractivity contribution in [1.29, 1.82) is 0 Å². The molecule has 5 heteroatoms. The maximum absolute atomic E-state index is 11.9. The number of nitrogens with zero attached hydrogens (tertiary/aromatic N) is 1. The number of hydroxylamine groups is 1. The van der Waals surface area contributed by atoms with E-state index < -0.39 is 15.4 Å². The summed E-state index contributed by atoms with van der Waals surface area (Å²) in [6.07, 6.45) is 1.34. The minimum absolute atomic E-state index is 0.0201. The molecule has 0 heterocycles. The van der Waals surface area contributed by atoms with Crippen LogP contribution in [-0.4, -0.2) is 30.7 Å². The van der Waals surface area contributed by atoms with Gasteiger partial charge in [0.15, 0.2) is 21.6 Å². The van der Waals surface area contributed by atoms with E-state index >= 15 is 0 Å². The van der Waals surface area contributed by atoms with Crippen molar-refractivity contribution < 1.29 is 13.2 Å². The average molecular weight is 269 g/mol. The van der Waals surface area contributed by atoms with Crippen LogP contribution >= 0.6 is 0 Å². The van der Waals surface area contributed by atoms with Crippen LogP contribution in [0.3, 0.4) is 0 Å². The first-order chi connectivity index (χ1) is 8.18. The van der Waals surface area contributed by atoms with E-state index in [1.54, 1.807) is 45.9 Å². The van der Waals surface area contributed by atoms with Gasteiger partial charge in [0.2, 0.25) is 0 Å². The van der Waals surface area contributed by atoms with Gasteiger partial charge in [-0.2, -0.15) is 0 Å². The number of hydrogen-bond acceptors (Lipinski definition) is 3. The van der Waals surface area contributed by atoms with Crippen molar-refractivity contribution in [2.75, 3.05) is 5.75 Å². The molecule has 0 unspecified atom stereocenters. The summed E-state index contributed by atoms with van der Waals surface area (Å²) in [6.45, 7) is 6.90. The molecule has 0 radical (unpaired) electrons. The fourth-order valence-corrected chi connectivity index (χ4v) is 2.42. The van der Waals surface area contributed by atoms with E-state index in [0.29, 0.717) is 5.56 Å². The molecule has 0 atom stereocenters. The molecule has 0 fully saturated rings. The van der Waals surface area contributed by atoms with Crippen LogP contribution in [0.4, 0.5) is 0 Å². The van der Waals surface area contributed by atoms with Gasteiger partial charge in [-0.05, 0) is 12.1 Å². The van der Waals surface area contributed by atoms with Crippen LogP contribution in [0.5, 0.6) is 0 Å². The van der Waals surface area contributed by atoms with Crippen LogP contribution in [0.25, 0.3) is 0 Å². The van der Waals surface area contributed by atoms with Gasteiger partial charge in [0, 0.05) is 20.8 Å². The van der Waals surface area contributed by atoms with Gasteiger partial charge in [0.05, 0.1) is 16.2 Å². The SMILES string of the molecule is CCS(=O)(=O)c1ccccc1C=[N+]([O-])C(C)(C)C. The molecular formula is C13H19NO3S. The molecule has 0 bridgehead atoms. The van der Waals surface area contributed by atoms with Crippen molar-refractivity contribution in [2.24, 2.45) is 0 Å². The molecule has 0 aliphatic carbocycles. The van der Waals surface area contributed by atoms with Gasteiger partial charge in [0.25, 0.3) is 0 Å². The third kappa shape index (κ3) is 3.32. The molecule has 1 aromatic rings. The fourth-order valence-electron chi connectivity index (χ4n) is 1.35. The highest BCUT2D eigenvalue weighted by Gasteiger charge is 2.21. The van der Waals surface area contributed by atoms with Crippen molar-refractivity contribution in [2.45, 2.75) is 38.1 Å². The number of sulfone groups is 1. The van der Waals surface area contributed by atoms with Gasteiger partial charge >= 0.3 is 0 Å². The van der Waals surface area contributed by atoms with E-state index in [0.717, 1.165) is 4.74 Å². The second kappa shape index (κ2) is 5.10. The third-order valence-corrected chi connectivity index (χ3v) is 4.35. The molecule has 0 aliphatic rings. The molecular weight excluding hydrogens is 250 g/mol. The molecule has 1 rings (SSSR count). The number of rotatable bonds is 3. The summed E-state index contributed by atoms with van der Waals surface area (Å²) in [5.41, 5.74) is -0.160. The number of hydrogen-bond donors (Lipinski definition) is 0. The highest BCUT2D eigenvalue weighted by Crippen LogP contribution is 2.16. The molecule has 0 spiro atoms. The molecule has 0 saturated heterocycles. The zero-order valence-corrected chi connectivity index (χ0v) is 12.0. The third-order valence-electron chi connectivity index (χ3n) is 2.55. The molecule has 18 heavy (non-hydrogen) atoms. The maximum atomic E-state index is 11.9. The highest BCUT2D eigenvalue weighted by atomic mass is 32.2. The van der Waals surface area contributed by atoms with Gasteiger partial charge < -0.3 is 5.21 Å². The van der Waals surface area contributed by atoms with Gasteiger partial charge in [-0.1, -0.05) is 19.1 Å². The Labute approximate surface area is 108 Å². The summed E-state index contributed by atoms with van der Waals surface area (Å²) >= 11 is 0. The van der Waals surface area contributed by atoms with E-state index in [2.05, 4.69) is 0 Å². The Morgan fingerprint density at radius 2 is 1.83 bits per heavy atom. The lowest BCUT2D eigenvalue weighted by Crippen LogP contribution is -2.29. The minimum atomic E-state index is -3.32. The second-order valence-electron chi connectivity index (χ2n) is 5.07. The van der Waals surface area contributed by atoms with Crippen molar-refractivity contribution in [3.8, 4) is 0 Å². The van der Waals surface area contributed by atoms with E-state index in [9.17, 15) is 13.6 Å². The lowest BCUT2D eigenvalue weighted by atomic mass is 10.1. The summed E-state index contributed by atoms with van der Waals surface area (Å²) in [5.74, 6) is 0.0201. The van der Waals surface area contributed by atoms with Crippen molar-refractivity contribution in [3.63, 3.8) is 0 Å². The summed E-state index contributed by atoms with van der Waals surface area (Å²) in [7, 11) is -3.32. The first kappa shape index (κ1) is 14.7. The number of benzene rings is 1.